The predicted molar refractivity (Wildman–Crippen MR) is 94.7 cm³/mol. The molecule has 0 fully saturated rings. The highest BCUT2D eigenvalue weighted by molar-refractivity contribution is 6.25. The number of hydrogen-bond donors (Lipinski definition) is 1. The third-order valence-corrected chi connectivity index (χ3v) is 5.34. The van der Waals surface area contributed by atoms with Crippen LogP contribution < -0.4 is 0 Å². The molecule has 0 heterocycles. The molecule has 0 saturated carbocycles. The van der Waals surface area contributed by atoms with Crippen LogP contribution in [0, 0.1) is 10.1 Å². The highest BCUT2D eigenvalue weighted by atomic mass is 16.6. The van der Waals surface area contributed by atoms with Crippen molar-refractivity contribution in [3.8, 4) is 0 Å². The molecule has 1 aliphatic carbocycles. The first-order valence-electron chi connectivity index (χ1n) is 8.21. The number of aryl methyl sites for hydroxylation is 1. The summed E-state index contributed by atoms with van der Waals surface area (Å²) in [5.41, 5.74) is 2.35. The van der Waals surface area contributed by atoms with Crippen LogP contribution in [0.5, 0.6) is 0 Å². The maximum absolute atomic E-state index is 11.4. The van der Waals surface area contributed by atoms with E-state index in [2.05, 4.69) is 12.1 Å². The van der Waals surface area contributed by atoms with Crippen LogP contribution in [-0.4, -0.2) is 10.0 Å². The van der Waals surface area contributed by atoms with Gasteiger partial charge in [-0.1, -0.05) is 24.3 Å². The van der Waals surface area contributed by atoms with Gasteiger partial charge in [0.05, 0.1) is 16.4 Å². The summed E-state index contributed by atoms with van der Waals surface area (Å²) in [6.45, 7) is 0. The van der Waals surface area contributed by atoms with Gasteiger partial charge in [0, 0.05) is 11.5 Å². The normalized spacial score (nSPS) is 17.6. The molecule has 1 unspecified atom stereocenters. The van der Waals surface area contributed by atoms with Crippen molar-refractivity contribution in [2.75, 3.05) is 0 Å². The number of nitro benzene ring substituents is 1. The maximum Gasteiger partial charge on any atom is 0.277 e. The van der Waals surface area contributed by atoms with E-state index in [1.54, 1.807) is 6.07 Å². The van der Waals surface area contributed by atoms with Gasteiger partial charge in [-0.2, -0.15) is 0 Å². The second-order valence-electron chi connectivity index (χ2n) is 6.62. The number of fused-ring (bicyclic) bond motifs is 2. The molecule has 0 amide bonds. The molecule has 0 spiro atoms. The Kier molecular flexibility index (Phi) is 2.65. The van der Waals surface area contributed by atoms with Crippen LogP contribution >= 0.6 is 0 Å². The van der Waals surface area contributed by atoms with E-state index in [-0.39, 0.29) is 10.6 Å². The fourth-order valence-corrected chi connectivity index (χ4v) is 4.33. The lowest BCUT2D eigenvalue weighted by Crippen LogP contribution is -2.10. The SMILES string of the molecule is O=[N+]([O-])c1ccc2ccc3c4c(cc5ccc1c2c53)CCCC4O. The minimum Gasteiger partial charge on any atom is -0.388 e. The van der Waals surface area contributed by atoms with E-state index < -0.39 is 6.10 Å². The van der Waals surface area contributed by atoms with Crippen LogP contribution in [-0.2, 0) is 6.42 Å². The Bertz CT molecular complexity index is 1130. The van der Waals surface area contributed by atoms with Gasteiger partial charge in [0.15, 0.2) is 0 Å². The van der Waals surface area contributed by atoms with Gasteiger partial charge in [0.1, 0.15) is 0 Å². The van der Waals surface area contributed by atoms with Crippen molar-refractivity contribution in [1.29, 1.82) is 0 Å². The number of nitrogens with zero attached hydrogens (tertiary/aromatic N) is 1. The Morgan fingerprint density at radius 1 is 1.00 bits per heavy atom. The van der Waals surface area contributed by atoms with E-state index in [0.717, 1.165) is 51.8 Å². The standard InChI is InChI=1S/C20H15NO3/c22-17-3-1-2-12-10-13-5-7-14-16(21(23)24)9-6-11-4-8-15(18(12)17)20(13)19(11)14/h4-10,17,22H,1-3H2. The number of non-ortho nitro benzene ring substituents is 1. The van der Waals surface area contributed by atoms with Gasteiger partial charge in [0.2, 0.25) is 0 Å². The van der Waals surface area contributed by atoms with Crippen LogP contribution in [0.4, 0.5) is 5.69 Å². The summed E-state index contributed by atoms with van der Waals surface area (Å²) in [6, 6.07) is 13.4. The first-order valence-corrected chi connectivity index (χ1v) is 8.21. The van der Waals surface area contributed by atoms with E-state index >= 15 is 0 Å². The van der Waals surface area contributed by atoms with Crippen molar-refractivity contribution in [3.05, 3.63) is 63.7 Å². The largest absolute Gasteiger partial charge is 0.388 e. The predicted octanol–water partition coefficient (Wildman–Crippen LogP) is 4.86. The molecular formula is C20H15NO3. The van der Waals surface area contributed by atoms with Crippen molar-refractivity contribution in [3.63, 3.8) is 0 Å². The lowest BCUT2D eigenvalue weighted by Gasteiger charge is -2.25. The molecule has 4 aromatic rings. The Morgan fingerprint density at radius 2 is 1.71 bits per heavy atom. The van der Waals surface area contributed by atoms with Gasteiger partial charge >= 0.3 is 0 Å². The minimum absolute atomic E-state index is 0.134. The molecule has 5 rings (SSSR count). The van der Waals surface area contributed by atoms with Crippen LogP contribution in [0.25, 0.3) is 32.3 Å². The zero-order valence-corrected chi connectivity index (χ0v) is 13.0. The van der Waals surface area contributed by atoms with Crippen molar-refractivity contribution >= 4 is 38.0 Å². The zero-order valence-electron chi connectivity index (χ0n) is 13.0. The number of hydrogen-bond acceptors (Lipinski definition) is 3. The first-order chi connectivity index (χ1) is 11.6. The molecular weight excluding hydrogens is 302 g/mol. The first kappa shape index (κ1) is 13.7. The summed E-state index contributed by atoms with van der Waals surface area (Å²) >= 11 is 0. The second-order valence-corrected chi connectivity index (χ2v) is 6.62. The summed E-state index contributed by atoms with van der Waals surface area (Å²) < 4.78 is 0. The molecule has 4 heteroatoms. The van der Waals surface area contributed by atoms with E-state index in [9.17, 15) is 15.2 Å². The summed E-state index contributed by atoms with van der Waals surface area (Å²) in [4.78, 5) is 11.1. The van der Waals surface area contributed by atoms with Gasteiger partial charge in [-0.05, 0) is 64.1 Å². The molecule has 1 atom stereocenters. The monoisotopic (exact) mass is 317 g/mol. The fourth-order valence-electron chi connectivity index (χ4n) is 4.33. The Morgan fingerprint density at radius 3 is 2.54 bits per heavy atom. The average Bonchev–Trinajstić information content (AvgIpc) is 2.58. The maximum atomic E-state index is 11.4. The van der Waals surface area contributed by atoms with Crippen LogP contribution in [0.15, 0.2) is 42.5 Å². The van der Waals surface area contributed by atoms with E-state index in [1.807, 2.05) is 24.3 Å². The van der Waals surface area contributed by atoms with Crippen molar-refractivity contribution < 1.29 is 10.0 Å². The Balaban J connectivity index is 2.04. The van der Waals surface area contributed by atoms with Gasteiger partial charge in [-0.15, -0.1) is 0 Å². The van der Waals surface area contributed by atoms with Crippen molar-refractivity contribution in [2.45, 2.75) is 25.4 Å². The Labute approximate surface area is 137 Å². The fraction of sp³-hybridized carbons (Fsp3) is 0.200. The number of rotatable bonds is 1. The number of benzene rings is 4. The average molecular weight is 317 g/mol. The number of aliphatic hydroxyl groups excluding tert-OH is 1. The molecule has 4 aromatic carbocycles. The summed E-state index contributed by atoms with van der Waals surface area (Å²) in [5.74, 6) is 0. The molecule has 0 saturated heterocycles. The van der Waals surface area contributed by atoms with Gasteiger partial charge in [0.25, 0.3) is 5.69 Å². The van der Waals surface area contributed by atoms with Crippen LogP contribution in [0.3, 0.4) is 0 Å². The molecule has 0 radical (unpaired) electrons. The molecule has 118 valence electrons. The van der Waals surface area contributed by atoms with E-state index in [0.29, 0.717) is 5.39 Å². The summed E-state index contributed by atoms with van der Waals surface area (Å²) in [7, 11) is 0. The third-order valence-electron chi connectivity index (χ3n) is 5.34. The van der Waals surface area contributed by atoms with E-state index in [4.69, 9.17) is 0 Å². The van der Waals surface area contributed by atoms with Gasteiger partial charge < -0.3 is 5.11 Å². The summed E-state index contributed by atoms with van der Waals surface area (Å²) in [5, 5.41) is 27.7. The lowest BCUT2D eigenvalue weighted by molar-refractivity contribution is -0.383. The second kappa shape index (κ2) is 4.65. The van der Waals surface area contributed by atoms with Crippen molar-refractivity contribution in [2.24, 2.45) is 0 Å². The molecule has 1 aliphatic rings. The highest BCUT2D eigenvalue weighted by Crippen LogP contribution is 2.43. The third kappa shape index (κ3) is 1.66. The molecule has 0 aliphatic heterocycles. The lowest BCUT2D eigenvalue weighted by atomic mass is 9.82. The molecule has 0 bridgehead atoms. The van der Waals surface area contributed by atoms with Gasteiger partial charge in [-0.25, -0.2) is 0 Å². The van der Waals surface area contributed by atoms with Crippen molar-refractivity contribution in [1.82, 2.24) is 0 Å². The molecule has 24 heavy (non-hydrogen) atoms. The minimum atomic E-state index is -0.451. The van der Waals surface area contributed by atoms with Crippen LogP contribution in [0.2, 0.25) is 0 Å². The Hall–Kier alpha value is -2.72. The zero-order chi connectivity index (χ0) is 16.4. The molecule has 0 aromatic heterocycles. The molecule has 4 nitrogen and oxygen atoms in total. The quantitative estimate of drug-likeness (QED) is 0.310. The van der Waals surface area contributed by atoms with Crippen LogP contribution in [0.1, 0.15) is 30.1 Å². The number of aliphatic hydroxyl groups is 1. The smallest absolute Gasteiger partial charge is 0.277 e. The highest BCUT2D eigenvalue weighted by Gasteiger charge is 2.24. The summed E-state index contributed by atoms with van der Waals surface area (Å²) in [6.07, 6.45) is 2.29. The topological polar surface area (TPSA) is 63.4 Å². The van der Waals surface area contributed by atoms with E-state index in [1.165, 1.54) is 5.56 Å². The number of nitro groups is 1. The molecule has 1 N–H and O–H groups in total. The van der Waals surface area contributed by atoms with Gasteiger partial charge in [-0.3, -0.25) is 10.1 Å².